The Morgan fingerprint density at radius 2 is 1.85 bits per heavy atom. The molecule has 0 bridgehead atoms. The Bertz CT molecular complexity index is 806. The molecule has 2 saturated heterocycles. The Balaban J connectivity index is 0.000000316. The van der Waals surface area contributed by atoms with Crippen molar-refractivity contribution in [2.24, 2.45) is 17.8 Å². The lowest BCUT2D eigenvalue weighted by Gasteiger charge is -2.30. The van der Waals surface area contributed by atoms with Gasteiger partial charge in [0.05, 0.1) is 31.3 Å². The van der Waals surface area contributed by atoms with E-state index in [0.29, 0.717) is 50.2 Å². The van der Waals surface area contributed by atoms with E-state index in [2.05, 4.69) is 62.1 Å². The molecule has 2 fully saturated rings. The molecule has 2 N–H and O–H groups in total. The van der Waals surface area contributed by atoms with Crippen molar-refractivity contribution in [1.82, 2.24) is 9.80 Å². The minimum Gasteiger partial charge on any atom is -0.465 e. The first-order valence-corrected chi connectivity index (χ1v) is 15.7. The van der Waals surface area contributed by atoms with Crippen LogP contribution in [-0.4, -0.2) is 90.2 Å². The molecule has 8 heteroatoms. The van der Waals surface area contributed by atoms with Crippen molar-refractivity contribution in [3.8, 4) is 0 Å². The van der Waals surface area contributed by atoms with Crippen LogP contribution in [0.3, 0.4) is 0 Å². The fraction of sp³-hybridized carbons (Fsp3) is 0.758. The molecule has 0 aromatic heterocycles. The molecule has 8 nitrogen and oxygen atoms in total. The number of aliphatic hydroxyl groups excluding tert-OH is 1. The van der Waals surface area contributed by atoms with E-state index in [0.717, 1.165) is 25.9 Å². The molecule has 1 amide bonds. The number of aliphatic hydroxyl groups is 1. The topological polar surface area (TPSA) is 103 Å². The van der Waals surface area contributed by atoms with Crippen LogP contribution in [0, 0.1) is 17.8 Å². The highest BCUT2D eigenvalue weighted by atomic mass is 16.6. The lowest BCUT2D eigenvalue weighted by molar-refractivity contribution is -0.146. The number of amides is 1. The average Bonchev–Trinajstić information content (AvgIpc) is 3.67. The van der Waals surface area contributed by atoms with Crippen molar-refractivity contribution >= 4 is 12.1 Å². The number of ether oxygens (including phenoxy) is 2. The van der Waals surface area contributed by atoms with E-state index >= 15 is 0 Å². The minimum absolute atomic E-state index is 0.128. The van der Waals surface area contributed by atoms with Gasteiger partial charge in [-0.2, -0.15) is 0 Å². The minimum atomic E-state index is -0.798. The molecule has 3 heterocycles. The van der Waals surface area contributed by atoms with Gasteiger partial charge in [-0.1, -0.05) is 77.0 Å². The monoisotopic (exact) mass is 578 g/mol. The first-order valence-electron chi connectivity index (χ1n) is 15.7. The predicted molar refractivity (Wildman–Crippen MR) is 166 cm³/mol. The van der Waals surface area contributed by atoms with Crippen LogP contribution in [-0.2, 0) is 14.3 Å². The van der Waals surface area contributed by atoms with E-state index in [9.17, 15) is 14.7 Å². The average molecular weight is 579 g/mol. The number of carbonyl (C=O) groups excluding carboxylic acids is 1. The molecule has 3 aliphatic heterocycles. The second-order valence-corrected chi connectivity index (χ2v) is 11.9. The molecule has 3 aliphatic rings. The second kappa shape index (κ2) is 21.5. The highest BCUT2D eigenvalue weighted by Crippen LogP contribution is 2.32. The molecule has 0 spiro atoms. The van der Waals surface area contributed by atoms with E-state index in [1.54, 1.807) is 0 Å². The maximum absolute atomic E-state index is 11.3. The summed E-state index contributed by atoms with van der Waals surface area (Å²) in [6.07, 6.45) is 20.4. The lowest BCUT2D eigenvalue weighted by Crippen LogP contribution is -2.46. The number of unbranched alkanes of at least 4 members (excludes halogenated alkanes) is 1. The molecule has 0 aromatic rings. The molecule has 0 radical (unpaired) electrons. The second-order valence-electron chi connectivity index (χ2n) is 11.9. The van der Waals surface area contributed by atoms with Crippen LogP contribution in [0.25, 0.3) is 0 Å². The number of esters is 1. The Morgan fingerprint density at radius 3 is 2.49 bits per heavy atom. The summed E-state index contributed by atoms with van der Waals surface area (Å²) in [4.78, 5) is 25.3. The van der Waals surface area contributed by atoms with Crippen molar-refractivity contribution in [3.63, 3.8) is 0 Å². The molecule has 41 heavy (non-hydrogen) atoms. The summed E-state index contributed by atoms with van der Waals surface area (Å²) in [7, 11) is 2.00. The third kappa shape index (κ3) is 18.8. The lowest BCUT2D eigenvalue weighted by atomic mass is 9.97. The fourth-order valence-corrected chi connectivity index (χ4v) is 4.62. The van der Waals surface area contributed by atoms with E-state index in [1.807, 2.05) is 20.9 Å². The largest absolute Gasteiger partial charge is 0.465 e. The third-order valence-corrected chi connectivity index (χ3v) is 7.56. The number of epoxide rings is 1. The number of nitrogens with zero attached hydrogens (tertiary/aromatic N) is 2. The smallest absolute Gasteiger partial charge is 0.407 e. The molecule has 3 rings (SSSR count). The molecular weight excluding hydrogens is 520 g/mol. The van der Waals surface area contributed by atoms with Gasteiger partial charge in [0, 0.05) is 32.1 Å². The number of hydrogen-bond donors (Lipinski definition) is 2. The molecule has 0 aromatic carbocycles. The van der Waals surface area contributed by atoms with Crippen LogP contribution in [0.5, 0.6) is 0 Å². The maximum Gasteiger partial charge on any atom is 0.407 e. The zero-order chi connectivity index (χ0) is 30.6. The summed E-state index contributed by atoms with van der Waals surface area (Å²) in [6, 6.07) is 0. The van der Waals surface area contributed by atoms with E-state index in [4.69, 9.17) is 14.6 Å². The number of carbonyl (C=O) groups is 2. The normalized spacial score (nSPS) is 29.2. The first-order chi connectivity index (χ1) is 19.5. The predicted octanol–water partition coefficient (Wildman–Crippen LogP) is 6.31. The number of rotatable bonds is 7. The standard InChI is InChI=1S/C14H24O.C13H22O3.C6H12N2O2/c1-4-6-8-9-12(3)11-14-13(15-14)10-7-5-2;1-10-4-3-5-11(2)9-16-13(15)8-12(14)7-6-10;1-7-2-4-8(5-3-7)6(9)10/h4,6,8-9,12-14H,5,7,10-11H2,1-3H3;3,5,10-12,14H,4,6-9H2,1-2H3;2-5H2,1H3,(H,9,10)/b6-4-,9-8+;5-3+;. The van der Waals surface area contributed by atoms with Crippen LogP contribution < -0.4 is 0 Å². The number of cyclic esters (lactones) is 1. The molecule has 0 saturated carbocycles. The van der Waals surface area contributed by atoms with Crippen molar-refractivity contribution < 1.29 is 29.3 Å². The van der Waals surface area contributed by atoms with Crippen LogP contribution in [0.15, 0.2) is 36.5 Å². The highest BCUT2D eigenvalue weighted by Gasteiger charge is 2.38. The number of likely N-dealkylation sites (N-methyl/N-ethyl adjacent to an activating group) is 1. The number of allylic oxidation sites excluding steroid dienone is 5. The number of carboxylic acid groups (broad SMARTS) is 1. The van der Waals surface area contributed by atoms with Crippen LogP contribution in [0.1, 0.15) is 86.0 Å². The Labute approximate surface area is 249 Å². The Kier molecular flexibility index (Phi) is 19.4. The quantitative estimate of drug-likeness (QED) is 0.158. The SMILES string of the molecule is C/C=C\C=C\C(C)CC1OC1CCCC.CC1/C=C/CC(C)CCC(O)CC(=O)OC1.CN1CCN(C(=O)O)CC1. The van der Waals surface area contributed by atoms with Crippen LogP contribution in [0.4, 0.5) is 4.79 Å². The van der Waals surface area contributed by atoms with Crippen molar-refractivity contribution in [2.75, 3.05) is 39.8 Å². The summed E-state index contributed by atoms with van der Waals surface area (Å²) in [5, 5.41) is 18.2. The Hall–Kier alpha value is -2.16. The summed E-state index contributed by atoms with van der Waals surface area (Å²) in [5.41, 5.74) is 0. The van der Waals surface area contributed by atoms with Gasteiger partial charge in [-0.3, -0.25) is 4.79 Å². The van der Waals surface area contributed by atoms with Gasteiger partial charge in [0.15, 0.2) is 0 Å². The van der Waals surface area contributed by atoms with Gasteiger partial charge in [0.1, 0.15) is 0 Å². The molecule has 0 aliphatic carbocycles. The van der Waals surface area contributed by atoms with Crippen molar-refractivity contribution in [2.45, 2.75) is 104 Å². The van der Waals surface area contributed by atoms with Gasteiger partial charge < -0.3 is 29.5 Å². The summed E-state index contributed by atoms with van der Waals surface area (Å²) >= 11 is 0. The fourth-order valence-electron chi connectivity index (χ4n) is 4.62. The first kappa shape index (κ1) is 36.9. The molecule has 6 atom stereocenters. The zero-order valence-corrected chi connectivity index (χ0v) is 26.5. The van der Waals surface area contributed by atoms with Gasteiger partial charge >= 0.3 is 12.1 Å². The van der Waals surface area contributed by atoms with Gasteiger partial charge in [-0.15, -0.1) is 0 Å². The van der Waals surface area contributed by atoms with E-state index in [1.165, 1.54) is 30.6 Å². The molecule has 6 unspecified atom stereocenters. The zero-order valence-electron chi connectivity index (χ0n) is 26.5. The van der Waals surface area contributed by atoms with Crippen molar-refractivity contribution in [1.29, 1.82) is 0 Å². The van der Waals surface area contributed by atoms with Gasteiger partial charge in [-0.25, -0.2) is 4.79 Å². The maximum atomic E-state index is 11.3. The van der Waals surface area contributed by atoms with Gasteiger partial charge in [0.2, 0.25) is 0 Å². The summed E-state index contributed by atoms with van der Waals surface area (Å²) in [6.45, 7) is 14.1. The van der Waals surface area contributed by atoms with E-state index < -0.39 is 12.2 Å². The van der Waals surface area contributed by atoms with E-state index in [-0.39, 0.29) is 18.3 Å². The van der Waals surface area contributed by atoms with Gasteiger partial charge in [-0.05, 0) is 57.9 Å². The van der Waals surface area contributed by atoms with Crippen LogP contribution in [0.2, 0.25) is 0 Å². The number of piperazine rings is 1. The number of hydrogen-bond acceptors (Lipinski definition) is 6. The summed E-state index contributed by atoms with van der Waals surface area (Å²) in [5.74, 6) is 1.17. The molecular formula is C33H58N2O6. The molecule has 236 valence electrons. The third-order valence-electron chi connectivity index (χ3n) is 7.56. The summed E-state index contributed by atoms with van der Waals surface area (Å²) < 4.78 is 10.7. The van der Waals surface area contributed by atoms with Gasteiger partial charge in [0.25, 0.3) is 0 Å². The van der Waals surface area contributed by atoms with Crippen molar-refractivity contribution in [3.05, 3.63) is 36.5 Å². The Morgan fingerprint density at radius 1 is 1.15 bits per heavy atom. The highest BCUT2D eigenvalue weighted by molar-refractivity contribution is 5.69. The van der Waals surface area contributed by atoms with Crippen LogP contribution >= 0.6 is 0 Å².